The summed E-state index contributed by atoms with van der Waals surface area (Å²) < 4.78 is 0. The molecule has 0 radical (unpaired) electrons. The first kappa shape index (κ1) is 13.6. The van der Waals surface area contributed by atoms with Crippen molar-refractivity contribution in [2.75, 3.05) is 5.75 Å². The Labute approximate surface area is 107 Å². The van der Waals surface area contributed by atoms with Crippen molar-refractivity contribution >= 4 is 23.4 Å². The van der Waals surface area contributed by atoms with Crippen LogP contribution in [0.5, 0.6) is 0 Å². The maximum atomic E-state index is 9.73. The fourth-order valence-electron chi connectivity index (χ4n) is 1.22. The highest BCUT2D eigenvalue weighted by Gasteiger charge is 2.05. The Balaban J connectivity index is 2.28. The first-order valence-electron chi connectivity index (χ1n) is 5.28. The maximum absolute atomic E-state index is 9.73. The Kier molecular flexibility index (Phi) is 5.96. The Morgan fingerprint density at radius 2 is 2.06 bits per heavy atom. The average Bonchev–Trinajstić information content (AvgIpc) is 2.25. The second-order valence-corrected chi connectivity index (χ2v) is 5.44. The Bertz CT molecular complexity index is 334. The molecule has 88 valence electrons. The van der Waals surface area contributed by atoms with Crippen molar-refractivity contribution in [3.63, 3.8) is 0 Å². The number of aliphatic hydroxyl groups is 1. The van der Waals surface area contributed by atoms with Crippen molar-refractivity contribution in [2.24, 2.45) is 0 Å². The summed E-state index contributed by atoms with van der Waals surface area (Å²) in [6.45, 7) is 5.81. The van der Waals surface area contributed by atoms with E-state index >= 15 is 0 Å². The van der Waals surface area contributed by atoms with Crippen molar-refractivity contribution in [3.8, 4) is 0 Å². The molecule has 1 aromatic carbocycles. The standard InChI is InChI=1S/C13H17ClOS/c1-10(2)3-6-12(15)9-16-13-7-4-11(14)5-8-13/h4-5,7-8,12,15H,1,3,6,9H2,2H3. The van der Waals surface area contributed by atoms with Crippen LogP contribution in [-0.4, -0.2) is 17.0 Å². The summed E-state index contributed by atoms with van der Waals surface area (Å²) in [6.07, 6.45) is 1.41. The van der Waals surface area contributed by atoms with E-state index < -0.39 is 0 Å². The van der Waals surface area contributed by atoms with Crippen LogP contribution >= 0.6 is 23.4 Å². The molecule has 1 unspecified atom stereocenters. The molecule has 0 aliphatic rings. The monoisotopic (exact) mass is 256 g/mol. The summed E-state index contributed by atoms with van der Waals surface area (Å²) >= 11 is 7.44. The predicted molar refractivity (Wildman–Crippen MR) is 72.2 cm³/mol. The van der Waals surface area contributed by atoms with Gasteiger partial charge in [-0.3, -0.25) is 0 Å². The Hall–Kier alpha value is -0.440. The summed E-state index contributed by atoms with van der Waals surface area (Å²) in [4.78, 5) is 1.14. The predicted octanol–water partition coefficient (Wildman–Crippen LogP) is 4.15. The lowest BCUT2D eigenvalue weighted by molar-refractivity contribution is 0.189. The first-order chi connectivity index (χ1) is 7.58. The maximum Gasteiger partial charge on any atom is 0.0637 e. The van der Waals surface area contributed by atoms with Gasteiger partial charge in [0.1, 0.15) is 0 Å². The van der Waals surface area contributed by atoms with Crippen molar-refractivity contribution in [2.45, 2.75) is 30.8 Å². The first-order valence-corrected chi connectivity index (χ1v) is 6.65. The van der Waals surface area contributed by atoms with E-state index in [1.807, 2.05) is 31.2 Å². The smallest absolute Gasteiger partial charge is 0.0637 e. The minimum Gasteiger partial charge on any atom is -0.392 e. The molecule has 3 heteroatoms. The second-order valence-electron chi connectivity index (χ2n) is 3.91. The van der Waals surface area contributed by atoms with Gasteiger partial charge in [0, 0.05) is 15.7 Å². The summed E-state index contributed by atoms with van der Waals surface area (Å²) in [7, 11) is 0. The number of rotatable bonds is 6. The van der Waals surface area contributed by atoms with Gasteiger partial charge in [-0.2, -0.15) is 0 Å². The van der Waals surface area contributed by atoms with E-state index in [9.17, 15) is 5.11 Å². The molecule has 0 fully saturated rings. The van der Waals surface area contributed by atoms with Gasteiger partial charge in [0.25, 0.3) is 0 Å². The molecule has 0 saturated carbocycles. The van der Waals surface area contributed by atoms with Crippen LogP contribution in [0.25, 0.3) is 0 Å². The molecule has 0 aliphatic carbocycles. The lowest BCUT2D eigenvalue weighted by atomic mass is 10.1. The molecule has 1 aromatic rings. The van der Waals surface area contributed by atoms with Gasteiger partial charge >= 0.3 is 0 Å². The number of halogens is 1. The SMILES string of the molecule is C=C(C)CCC(O)CSc1ccc(Cl)cc1. The van der Waals surface area contributed by atoms with Gasteiger partial charge in [-0.05, 0) is 44.0 Å². The molecule has 0 amide bonds. The van der Waals surface area contributed by atoms with Gasteiger partial charge in [-0.1, -0.05) is 17.2 Å². The van der Waals surface area contributed by atoms with Gasteiger partial charge in [-0.15, -0.1) is 18.3 Å². The lowest BCUT2D eigenvalue weighted by Crippen LogP contribution is -2.09. The van der Waals surface area contributed by atoms with Gasteiger partial charge < -0.3 is 5.11 Å². The molecule has 0 spiro atoms. The fourth-order valence-corrected chi connectivity index (χ4v) is 2.23. The average molecular weight is 257 g/mol. The number of benzene rings is 1. The van der Waals surface area contributed by atoms with E-state index in [4.69, 9.17) is 11.6 Å². The molecule has 1 nitrogen and oxygen atoms in total. The molecule has 0 saturated heterocycles. The Morgan fingerprint density at radius 1 is 1.44 bits per heavy atom. The van der Waals surface area contributed by atoms with E-state index in [1.165, 1.54) is 0 Å². The van der Waals surface area contributed by atoms with E-state index in [0.29, 0.717) is 0 Å². The van der Waals surface area contributed by atoms with E-state index in [2.05, 4.69) is 6.58 Å². The molecule has 0 aliphatic heterocycles. The van der Waals surface area contributed by atoms with Crippen LogP contribution in [0.3, 0.4) is 0 Å². The van der Waals surface area contributed by atoms with Gasteiger partial charge in [0.05, 0.1) is 6.10 Å². The molecule has 0 bridgehead atoms. The number of aliphatic hydroxyl groups excluding tert-OH is 1. The van der Waals surface area contributed by atoms with E-state index in [1.54, 1.807) is 11.8 Å². The summed E-state index contributed by atoms with van der Waals surface area (Å²) in [6, 6.07) is 7.67. The summed E-state index contributed by atoms with van der Waals surface area (Å²) in [5.41, 5.74) is 1.12. The fraction of sp³-hybridized carbons (Fsp3) is 0.385. The van der Waals surface area contributed by atoms with Crippen molar-refractivity contribution in [3.05, 3.63) is 41.4 Å². The molecular weight excluding hydrogens is 240 g/mol. The van der Waals surface area contributed by atoms with Crippen LogP contribution in [0.1, 0.15) is 19.8 Å². The molecule has 1 N–H and O–H groups in total. The molecular formula is C13H17ClOS. The van der Waals surface area contributed by atoms with Crippen LogP contribution in [0.4, 0.5) is 0 Å². The van der Waals surface area contributed by atoms with E-state index in [-0.39, 0.29) is 6.10 Å². The largest absolute Gasteiger partial charge is 0.392 e. The highest BCUT2D eigenvalue weighted by molar-refractivity contribution is 7.99. The normalized spacial score (nSPS) is 12.4. The Morgan fingerprint density at radius 3 is 2.62 bits per heavy atom. The number of hydrogen-bond acceptors (Lipinski definition) is 2. The molecule has 1 rings (SSSR count). The van der Waals surface area contributed by atoms with Crippen molar-refractivity contribution < 1.29 is 5.11 Å². The third-order valence-electron chi connectivity index (χ3n) is 2.16. The summed E-state index contributed by atoms with van der Waals surface area (Å²) in [5, 5.41) is 10.5. The topological polar surface area (TPSA) is 20.2 Å². The molecule has 0 heterocycles. The van der Waals surface area contributed by atoms with Crippen LogP contribution in [0.2, 0.25) is 5.02 Å². The highest BCUT2D eigenvalue weighted by Crippen LogP contribution is 2.22. The van der Waals surface area contributed by atoms with Crippen LogP contribution in [0.15, 0.2) is 41.3 Å². The van der Waals surface area contributed by atoms with Gasteiger partial charge in [-0.25, -0.2) is 0 Å². The van der Waals surface area contributed by atoms with Crippen LogP contribution in [0, 0.1) is 0 Å². The molecule has 1 atom stereocenters. The number of hydrogen-bond donors (Lipinski definition) is 1. The highest BCUT2D eigenvalue weighted by atomic mass is 35.5. The second kappa shape index (κ2) is 7.00. The minimum absolute atomic E-state index is 0.266. The minimum atomic E-state index is -0.266. The third-order valence-corrected chi connectivity index (χ3v) is 3.57. The van der Waals surface area contributed by atoms with Gasteiger partial charge in [0.2, 0.25) is 0 Å². The van der Waals surface area contributed by atoms with Crippen molar-refractivity contribution in [1.29, 1.82) is 0 Å². The zero-order chi connectivity index (χ0) is 12.0. The van der Waals surface area contributed by atoms with Crippen LogP contribution in [-0.2, 0) is 0 Å². The summed E-state index contributed by atoms with van der Waals surface area (Å²) in [5.74, 6) is 0.717. The zero-order valence-corrected chi connectivity index (χ0v) is 11.0. The number of allylic oxidation sites excluding steroid dienone is 1. The lowest BCUT2D eigenvalue weighted by Gasteiger charge is -2.09. The third kappa shape index (κ3) is 5.59. The molecule has 16 heavy (non-hydrogen) atoms. The van der Waals surface area contributed by atoms with Crippen LogP contribution < -0.4 is 0 Å². The quantitative estimate of drug-likeness (QED) is 0.610. The van der Waals surface area contributed by atoms with E-state index in [0.717, 1.165) is 34.1 Å². The molecule has 0 aromatic heterocycles. The van der Waals surface area contributed by atoms with Gasteiger partial charge in [0.15, 0.2) is 0 Å². The van der Waals surface area contributed by atoms with Crippen molar-refractivity contribution in [1.82, 2.24) is 0 Å². The zero-order valence-electron chi connectivity index (χ0n) is 9.45. The number of thioether (sulfide) groups is 1.